The van der Waals surface area contributed by atoms with Gasteiger partial charge in [0.2, 0.25) is 0 Å². The Balaban J connectivity index is 2.04. The summed E-state index contributed by atoms with van der Waals surface area (Å²) in [6.07, 6.45) is 3.74. The summed E-state index contributed by atoms with van der Waals surface area (Å²) in [7, 11) is 0. The van der Waals surface area contributed by atoms with Crippen LogP contribution in [0.25, 0.3) is 0 Å². The van der Waals surface area contributed by atoms with E-state index in [-0.39, 0.29) is 5.75 Å². The third-order valence-electron chi connectivity index (χ3n) is 2.68. The smallest absolute Gasteiger partial charge is 0.134 e. The molecule has 96 valence electrons. The lowest BCUT2D eigenvalue weighted by Gasteiger charge is -2.07. The summed E-state index contributed by atoms with van der Waals surface area (Å²) in [6, 6.07) is 5.95. The molecule has 2 rings (SSSR count). The van der Waals surface area contributed by atoms with Crippen LogP contribution in [-0.4, -0.2) is 14.9 Å². The van der Waals surface area contributed by atoms with Gasteiger partial charge >= 0.3 is 0 Å². The largest absolute Gasteiger partial charge is 0.506 e. The third-order valence-corrected chi connectivity index (χ3v) is 3.32. The molecule has 1 heterocycles. The molecule has 4 nitrogen and oxygen atoms in total. The highest BCUT2D eigenvalue weighted by Gasteiger charge is 2.05. The van der Waals surface area contributed by atoms with Crippen molar-refractivity contribution >= 4 is 21.6 Å². The van der Waals surface area contributed by atoms with Gasteiger partial charge in [-0.15, -0.1) is 0 Å². The summed E-state index contributed by atoms with van der Waals surface area (Å²) in [5.74, 6) is 0.279. The SMILES string of the molecule is CC(C)n1cc(NCc2cccc(Br)c2O)cn1. The maximum absolute atomic E-state index is 9.86. The Hall–Kier alpha value is -1.49. The first-order valence-corrected chi connectivity index (χ1v) is 6.61. The molecule has 0 amide bonds. The van der Waals surface area contributed by atoms with Crippen LogP contribution in [0.5, 0.6) is 5.75 Å². The summed E-state index contributed by atoms with van der Waals surface area (Å²) in [5.41, 5.74) is 1.80. The van der Waals surface area contributed by atoms with Crippen molar-refractivity contribution in [3.63, 3.8) is 0 Å². The van der Waals surface area contributed by atoms with Gasteiger partial charge in [-0.05, 0) is 35.8 Å². The van der Waals surface area contributed by atoms with Crippen molar-refractivity contribution in [3.05, 3.63) is 40.6 Å². The van der Waals surface area contributed by atoms with Crippen molar-refractivity contribution in [3.8, 4) is 5.75 Å². The minimum atomic E-state index is 0.279. The second-order valence-electron chi connectivity index (χ2n) is 4.40. The molecule has 18 heavy (non-hydrogen) atoms. The monoisotopic (exact) mass is 309 g/mol. The molecule has 0 radical (unpaired) electrons. The van der Waals surface area contributed by atoms with Gasteiger partial charge in [0.1, 0.15) is 5.75 Å². The Bertz CT molecular complexity index is 537. The van der Waals surface area contributed by atoms with Crippen LogP contribution in [0.2, 0.25) is 0 Å². The van der Waals surface area contributed by atoms with Gasteiger partial charge in [-0.1, -0.05) is 12.1 Å². The average molecular weight is 310 g/mol. The Morgan fingerprint density at radius 2 is 2.22 bits per heavy atom. The Morgan fingerprint density at radius 3 is 2.89 bits per heavy atom. The number of rotatable bonds is 4. The van der Waals surface area contributed by atoms with E-state index in [4.69, 9.17) is 0 Å². The number of aromatic nitrogens is 2. The van der Waals surface area contributed by atoms with Crippen molar-refractivity contribution in [2.45, 2.75) is 26.4 Å². The van der Waals surface area contributed by atoms with Crippen LogP contribution >= 0.6 is 15.9 Å². The normalized spacial score (nSPS) is 10.9. The molecule has 0 spiro atoms. The van der Waals surface area contributed by atoms with Crippen LogP contribution in [0.3, 0.4) is 0 Å². The van der Waals surface area contributed by atoms with Crippen LogP contribution < -0.4 is 5.32 Å². The second-order valence-corrected chi connectivity index (χ2v) is 5.26. The van der Waals surface area contributed by atoms with Crippen LogP contribution in [-0.2, 0) is 6.54 Å². The zero-order chi connectivity index (χ0) is 13.1. The van der Waals surface area contributed by atoms with Gasteiger partial charge in [0, 0.05) is 24.3 Å². The average Bonchev–Trinajstić information content (AvgIpc) is 2.80. The number of benzene rings is 1. The molecule has 0 saturated carbocycles. The molecule has 5 heteroatoms. The van der Waals surface area contributed by atoms with Gasteiger partial charge in [-0.25, -0.2) is 0 Å². The number of anilines is 1. The van der Waals surface area contributed by atoms with Gasteiger partial charge in [0.15, 0.2) is 0 Å². The summed E-state index contributed by atoms with van der Waals surface area (Å²) in [6.45, 7) is 4.73. The number of hydrogen-bond donors (Lipinski definition) is 2. The second kappa shape index (κ2) is 5.44. The minimum Gasteiger partial charge on any atom is -0.506 e. The zero-order valence-corrected chi connectivity index (χ0v) is 12.0. The highest BCUT2D eigenvalue weighted by atomic mass is 79.9. The van der Waals surface area contributed by atoms with Crippen LogP contribution in [0.1, 0.15) is 25.5 Å². The van der Waals surface area contributed by atoms with Gasteiger partial charge < -0.3 is 10.4 Å². The first kappa shape index (κ1) is 13.0. The van der Waals surface area contributed by atoms with Crippen LogP contribution in [0.4, 0.5) is 5.69 Å². The predicted molar refractivity (Wildman–Crippen MR) is 75.7 cm³/mol. The molecule has 0 aliphatic heterocycles. The van der Waals surface area contributed by atoms with Crippen LogP contribution in [0, 0.1) is 0 Å². The van der Waals surface area contributed by atoms with E-state index in [2.05, 4.69) is 40.2 Å². The van der Waals surface area contributed by atoms with E-state index in [1.54, 1.807) is 6.20 Å². The first-order chi connectivity index (χ1) is 8.58. The van der Waals surface area contributed by atoms with E-state index in [0.717, 1.165) is 11.3 Å². The number of nitrogens with one attached hydrogen (secondary N) is 1. The quantitative estimate of drug-likeness (QED) is 0.908. The molecular weight excluding hydrogens is 294 g/mol. The van der Waals surface area contributed by atoms with E-state index >= 15 is 0 Å². The lowest BCUT2D eigenvalue weighted by Crippen LogP contribution is -2.01. The molecule has 0 saturated heterocycles. The fourth-order valence-electron chi connectivity index (χ4n) is 1.61. The minimum absolute atomic E-state index is 0.279. The maximum atomic E-state index is 9.86. The number of aromatic hydroxyl groups is 1. The standard InChI is InChI=1S/C13H16BrN3O/c1-9(2)17-8-11(7-16-17)15-6-10-4-3-5-12(14)13(10)18/h3-5,7-9,15,18H,6H2,1-2H3. The first-order valence-electron chi connectivity index (χ1n) is 5.82. The lowest BCUT2D eigenvalue weighted by atomic mass is 10.2. The third kappa shape index (κ3) is 2.85. The summed E-state index contributed by atoms with van der Waals surface area (Å²) < 4.78 is 2.60. The zero-order valence-electron chi connectivity index (χ0n) is 10.4. The van der Waals surface area contributed by atoms with E-state index in [1.165, 1.54) is 0 Å². The van der Waals surface area contributed by atoms with Crippen molar-refractivity contribution in [1.29, 1.82) is 0 Å². The lowest BCUT2D eigenvalue weighted by molar-refractivity contribution is 0.465. The topological polar surface area (TPSA) is 50.1 Å². The van der Waals surface area contributed by atoms with E-state index in [0.29, 0.717) is 17.1 Å². The van der Waals surface area contributed by atoms with E-state index in [1.807, 2.05) is 29.1 Å². The number of halogens is 1. The Labute approximate surface area is 115 Å². The Kier molecular flexibility index (Phi) is 3.91. The predicted octanol–water partition coefficient (Wildman–Crippen LogP) is 3.54. The van der Waals surface area contributed by atoms with E-state index < -0.39 is 0 Å². The number of phenols is 1. The molecule has 2 N–H and O–H groups in total. The molecule has 1 aromatic heterocycles. The fraction of sp³-hybridized carbons (Fsp3) is 0.308. The molecule has 0 atom stereocenters. The van der Waals surface area contributed by atoms with Crippen molar-refractivity contribution in [2.24, 2.45) is 0 Å². The van der Waals surface area contributed by atoms with E-state index in [9.17, 15) is 5.11 Å². The molecule has 2 aromatic rings. The number of phenolic OH excluding ortho intramolecular Hbond substituents is 1. The van der Waals surface area contributed by atoms with Crippen molar-refractivity contribution < 1.29 is 5.11 Å². The molecular formula is C13H16BrN3O. The molecule has 0 bridgehead atoms. The fourth-order valence-corrected chi connectivity index (χ4v) is 2.02. The Morgan fingerprint density at radius 1 is 1.44 bits per heavy atom. The summed E-state index contributed by atoms with van der Waals surface area (Å²) >= 11 is 3.30. The number of nitrogens with zero attached hydrogens (tertiary/aromatic N) is 2. The molecule has 1 aromatic carbocycles. The molecule has 0 aliphatic rings. The number of para-hydroxylation sites is 1. The van der Waals surface area contributed by atoms with Gasteiger partial charge in [-0.2, -0.15) is 5.10 Å². The van der Waals surface area contributed by atoms with Crippen molar-refractivity contribution in [2.75, 3.05) is 5.32 Å². The molecule has 0 fully saturated rings. The summed E-state index contributed by atoms with van der Waals surface area (Å²) in [4.78, 5) is 0. The van der Waals surface area contributed by atoms with Gasteiger partial charge in [-0.3, -0.25) is 4.68 Å². The van der Waals surface area contributed by atoms with Crippen LogP contribution in [0.15, 0.2) is 35.1 Å². The molecule has 0 aliphatic carbocycles. The highest BCUT2D eigenvalue weighted by Crippen LogP contribution is 2.27. The maximum Gasteiger partial charge on any atom is 0.134 e. The highest BCUT2D eigenvalue weighted by molar-refractivity contribution is 9.10. The van der Waals surface area contributed by atoms with Gasteiger partial charge in [0.25, 0.3) is 0 Å². The molecule has 0 unspecified atom stereocenters. The number of hydrogen-bond acceptors (Lipinski definition) is 3. The van der Waals surface area contributed by atoms with Gasteiger partial charge in [0.05, 0.1) is 16.4 Å². The summed E-state index contributed by atoms with van der Waals surface area (Å²) in [5, 5.41) is 17.4. The van der Waals surface area contributed by atoms with Crippen molar-refractivity contribution in [1.82, 2.24) is 9.78 Å².